The van der Waals surface area contributed by atoms with Crippen molar-refractivity contribution in [2.45, 2.75) is 38.5 Å². The van der Waals surface area contributed by atoms with Gasteiger partial charge in [0.2, 0.25) is 0 Å². The normalized spacial score (nSPS) is 14.3. The number of anilines is 1. The van der Waals surface area contributed by atoms with Gasteiger partial charge in [-0.15, -0.1) is 5.06 Å². The summed E-state index contributed by atoms with van der Waals surface area (Å²) in [7, 11) is 2.79. The van der Waals surface area contributed by atoms with Crippen LogP contribution in [0, 0.1) is 5.82 Å². The Hall–Kier alpha value is -4.19. The third-order valence-corrected chi connectivity index (χ3v) is 6.36. The summed E-state index contributed by atoms with van der Waals surface area (Å²) in [6.45, 7) is 5.28. The van der Waals surface area contributed by atoms with Crippen molar-refractivity contribution >= 4 is 17.7 Å². The summed E-state index contributed by atoms with van der Waals surface area (Å²) in [6, 6.07) is 8.69. The first-order valence-electron chi connectivity index (χ1n) is 12.6. The fourth-order valence-electron chi connectivity index (χ4n) is 4.34. The summed E-state index contributed by atoms with van der Waals surface area (Å²) in [5, 5.41) is 1.28. The summed E-state index contributed by atoms with van der Waals surface area (Å²) in [6.07, 6.45) is -2.75. The number of methoxy groups -OCH3 is 1. The molecule has 2 aromatic carbocycles. The number of halogens is 4. The summed E-state index contributed by atoms with van der Waals surface area (Å²) < 4.78 is 65.8. The number of ether oxygens (including phenoxy) is 2. The molecule has 0 bridgehead atoms. The van der Waals surface area contributed by atoms with Crippen LogP contribution in [0.4, 0.5) is 28.0 Å². The Bertz CT molecular complexity index is 1450. The third-order valence-electron chi connectivity index (χ3n) is 6.36. The van der Waals surface area contributed by atoms with Crippen molar-refractivity contribution in [1.29, 1.82) is 0 Å². The molecule has 0 saturated carbocycles. The highest BCUT2D eigenvalue weighted by molar-refractivity contribution is 6.08. The van der Waals surface area contributed by atoms with E-state index in [1.807, 2.05) is 0 Å². The smallest absolute Gasteiger partial charge is 0.496 e. The molecule has 0 atom stereocenters. The Morgan fingerprint density at radius 2 is 1.73 bits per heavy atom. The lowest BCUT2D eigenvalue weighted by atomic mass is 9.90. The van der Waals surface area contributed by atoms with Gasteiger partial charge in [0.1, 0.15) is 17.2 Å². The zero-order valence-corrected chi connectivity index (χ0v) is 23.1. The molecule has 1 fully saturated rings. The molecule has 4 rings (SSSR count). The SMILES string of the molecule is COc1cc(F)ccc1-c1ccncc1N(C)C(=O)c1cc(C2CN(OC(=O)OC(C)(C)C)C2)cc(C(F)(F)F)c1. The first kappa shape index (κ1) is 29.8. The number of aromatic nitrogens is 1. The zero-order chi connectivity index (χ0) is 30.1. The lowest BCUT2D eigenvalue weighted by Gasteiger charge is -2.37. The number of carbonyl (C=O) groups excluding carboxylic acids is 2. The summed E-state index contributed by atoms with van der Waals surface area (Å²) >= 11 is 0. The second kappa shape index (κ2) is 11.4. The van der Waals surface area contributed by atoms with E-state index in [0.29, 0.717) is 11.1 Å². The summed E-state index contributed by atoms with van der Waals surface area (Å²) in [5.74, 6) is -1.45. The molecule has 0 spiro atoms. The van der Waals surface area contributed by atoms with E-state index in [2.05, 4.69) is 4.98 Å². The molecule has 1 aromatic heterocycles. The highest BCUT2D eigenvalue weighted by atomic mass is 19.4. The minimum absolute atomic E-state index is 0.126. The van der Waals surface area contributed by atoms with Gasteiger partial charge in [-0.1, -0.05) is 0 Å². The average Bonchev–Trinajstić information content (AvgIpc) is 2.87. The van der Waals surface area contributed by atoms with Gasteiger partial charge in [-0.25, -0.2) is 9.18 Å². The van der Waals surface area contributed by atoms with Crippen LogP contribution in [0.15, 0.2) is 54.9 Å². The fourth-order valence-corrected chi connectivity index (χ4v) is 4.34. The Labute approximate surface area is 234 Å². The number of nitrogens with zero attached hydrogens (tertiary/aromatic N) is 3. The monoisotopic (exact) mass is 575 g/mol. The van der Waals surface area contributed by atoms with Crippen LogP contribution < -0.4 is 9.64 Å². The first-order chi connectivity index (χ1) is 19.2. The number of alkyl halides is 3. The van der Waals surface area contributed by atoms with Crippen molar-refractivity contribution in [2.24, 2.45) is 0 Å². The topological polar surface area (TPSA) is 81.2 Å². The lowest BCUT2D eigenvalue weighted by Crippen LogP contribution is -2.46. The molecular formula is C29H29F4N3O5. The van der Waals surface area contributed by atoms with Crippen molar-refractivity contribution in [3.63, 3.8) is 0 Å². The molecule has 3 aromatic rings. The van der Waals surface area contributed by atoms with Crippen molar-refractivity contribution < 1.29 is 41.5 Å². The van der Waals surface area contributed by atoms with Crippen molar-refractivity contribution in [3.05, 3.63) is 77.4 Å². The molecule has 1 saturated heterocycles. The van der Waals surface area contributed by atoms with Crippen LogP contribution in [0.25, 0.3) is 11.1 Å². The molecule has 8 nitrogen and oxygen atoms in total. The second-order valence-electron chi connectivity index (χ2n) is 10.5. The Morgan fingerprint density at radius 1 is 1.02 bits per heavy atom. The largest absolute Gasteiger partial charge is 0.528 e. The van der Waals surface area contributed by atoms with E-state index in [9.17, 15) is 27.2 Å². The van der Waals surface area contributed by atoms with E-state index in [0.717, 1.165) is 12.1 Å². The van der Waals surface area contributed by atoms with Gasteiger partial charge in [-0.3, -0.25) is 9.78 Å². The maximum absolute atomic E-state index is 13.9. The molecule has 1 aliphatic rings. The van der Waals surface area contributed by atoms with Crippen LogP contribution in [-0.2, 0) is 15.8 Å². The summed E-state index contributed by atoms with van der Waals surface area (Å²) in [4.78, 5) is 35.9. The lowest BCUT2D eigenvalue weighted by molar-refractivity contribution is -0.182. The molecule has 0 N–H and O–H groups in total. The molecular weight excluding hydrogens is 546 g/mol. The van der Waals surface area contributed by atoms with Crippen LogP contribution in [0.5, 0.6) is 5.75 Å². The van der Waals surface area contributed by atoms with Crippen LogP contribution in [0.3, 0.4) is 0 Å². The quantitative estimate of drug-likeness (QED) is 0.247. The molecule has 41 heavy (non-hydrogen) atoms. The van der Waals surface area contributed by atoms with E-state index in [1.54, 1.807) is 26.8 Å². The molecule has 0 unspecified atom stereocenters. The Kier molecular flexibility index (Phi) is 8.25. The van der Waals surface area contributed by atoms with Crippen molar-refractivity contribution in [2.75, 3.05) is 32.1 Å². The number of carbonyl (C=O) groups is 2. The standard InChI is InChI=1S/C29H29F4N3O5/c1-28(2,3)40-27(38)41-36-15-19(16-36)17-10-18(12-20(11-17)29(31,32)33)26(37)35(4)24-14-34-9-8-22(24)23-7-6-21(30)13-25(23)39-5/h6-14,19H,15-16H2,1-5H3. The number of pyridine rings is 1. The minimum Gasteiger partial charge on any atom is -0.496 e. The highest BCUT2D eigenvalue weighted by Gasteiger charge is 2.37. The number of hydrogen-bond acceptors (Lipinski definition) is 7. The van der Waals surface area contributed by atoms with Crippen LogP contribution in [-0.4, -0.2) is 55.0 Å². The number of hydrogen-bond donors (Lipinski definition) is 0. The summed E-state index contributed by atoms with van der Waals surface area (Å²) in [5.41, 5.74) is -0.451. The average molecular weight is 576 g/mol. The Balaban J connectivity index is 1.62. The number of benzene rings is 2. The first-order valence-corrected chi connectivity index (χ1v) is 12.6. The minimum atomic E-state index is -4.71. The number of hydroxylamine groups is 2. The van der Waals surface area contributed by atoms with Crippen LogP contribution >= 0.6 is 0 Å². The van der Waals surface area contributed by atoms with Gasteiger partial charge in [0, 0.05) is 55.0 Å². The van der Waals surface area contributed by atoms with Gasteiger partial charge in [0.25, 0.3) is 5.91 Å². The van der Waals surface area contributed by atoms with E-state index in [4.69, 9.17) is 14.3 Å². The fraction of sp³-hybridized carbons (Fsp3) is 0.345. The highest BCUT2D eigenvalue weighted by Crippen LogP contribution is 2.38. The van der Waals surface area contributed by atoms with Crippen molar-refractivity contribution in [3.8, 4) is 16.9 Å². The predicted molar refractivity (Wildman–Crippen MR) is 142 cm³/mol. The van der Waals surface area contributed by atoms with Gasteiger partial charge < -0.3 is 19.2 Å². The van der Waals surface area contributed by atoms with Gasteiger partial charge >= 0.3 is 12.3 Å². The van der Waals surface area contributed by atoms with Gasteiger partial charge in [0.05, 0.1) is 24.6 Å². The van der Waals surface area contributed by atoms with Gasteiger partial charge in [-0.05, 0) is 62.7 Å². The number of rotatable bonds is 6. The molecule has 0 aliphatic carbocycles. The van der Waals surface area contributed by atoms with E-state index in [1.165, 1.54) is 60.8 Å². The molecule has 218 valence electrons. The second-order valence-corrected chi connectivity index (χ2v) is 10.5. The molecule has 0 radical (unpaired) electrons. The van der Waals surface area contributed by atoms with Gasteiger partial charge in [0.15, 0.2) is 0 Å². The Morgan fingerprint density at radius 3 is 2.37 bits per heavy atom. The molecule has 1 aliphatic heterocycles. The van der Waals surface area contributed by atoms with E-state index >= 15 is 0 Å². The maximum atomic E-state index is 13.9. The van der Waals surface area contributed by atoms with Crippen LogP contribution in [0.2, 0.25) is 0 Å². The maximum Gasteiger partial charge on any atom is 0.528 e. The number of amides is 1. The molecule has 1 amide bonds. The van der Waals surface area contributed by atoms with Crippen molar-refractivity contribution in [1.82, 2.24) is 10.0 Å². The molecule has 2 heterocycles. The van der Waals surface area contributed by atoms with Crippen LogP contribution in [0.1, 0.15) is 48.2 Å². The molecule has 12 heteroatoms. The zero-order valence-electron chi connectivity index (χ0n) is 23.1. The third kappa shape index (κ3) is 6.94. The van der Waals surface area contributed by atoms with E-state index in [-0.39, 0.29) is 35.7 Å². The van der Waals surface area contributed by atoms with E-state index < -0.39 is 41.1 Å². The predicted octanol–water partition coefficient (Wildman–Crippen LogP) is 6.46. The van der Waals surface area contributed by atoms with Gasteiger partial charge in [-0.2, -0.15) is 13.2 Å².